The summed E-state index contributed by atoms with van der Waals surface area (Å²) in [4.78, 5) is 11.0. The molecule has 0 saturated carbocycles. The van der Waals surface area contributed by atoms with Gasteiger partial charge < -0.3 is 4.57 Å². The lowest BCUT2D eigenvalue weighted by Crippen LogP contribution is -1.98. The van der Waals surface area contributed by atoms with E-state index < -0.39 is 0 Å². The minimum Gasteiger partial charge on any atom is -0.343 e. The normalized spacial score (nSPS) is 10.3. The van der Waals surface area contributed by atoms with Crippen LogP contribution in [0.4, 0.5) is 0 Å². The van der Waals surface area contributed by atoms with Crippen LogP contribution in [0.25, 0.3) is 10.9 Å². The van der Waals surface area contributed by atoms with E-state index in [0.29, 0.717) is 11.1 Å². The van der Waals surface area contributed by atoms with Crippen molar-refractivity contribution in [3.8, 4) is 6.07 Å². The number of carbonyl (C=O) groups is 1. The number of hydrogen-bond acceptors (Lipinski definition) is 2. The second-order valence-electron chi connectivity index (χ2n) is 4.65. The molecule has 0 aliphatic rings. The Kier molecular flexibility index (Phi) is 3.06. The number of hydrogen-bond donors (Lipinski definition) is 0. The van der Waals surface area contributed by atoms with Crippen molar-refractivity contribution in [1.82, 2.24) is 4.57 Å². The lowest BCUT2D eigenvalue weighted by molar-refractivity contribution is 0.112. The minimum absolute atomic E-state index is 0.661. The van der Waals surface area contributed by atoms with Crippen LogP contribution in [0.15, 0.2) is 54.7 Å². The molecule has 0 spiro atoms. The largest absolute Gasteiger partial charge is 0.343 e. The molecule has 1 heterocycles. The fraction of sp³-hybridized carbons (Fsp3) is 0.0588. The van der Waals surface area contributed by atoms with E-state index in [0.717, 1.165) is 29.3 Å². The number of nitriles is 1. The maximum absolute atomic E-state index is 11.0. The first-order valence-electron chi connectivity index (χ1n) is 6.34. The molecule has 2 aromatic carbocycles. The van der Waals surface area contributed by atoms with Crippen molar-refractivity contribution < 1.29 is 4.79 Å². The molecule has 0 N–H and O–H groups in total. The Morgan fingerprint density at radius 3 is 2.60 bits per heavy atom. The van der Waals surface area contributed by atoms with E-state index in [9.17, 15) is 4.79 Å². The van der Waals surface area contributed by atoms with Gasteiger partial charge in [0.25, 0.3) is 0 Å². The molecule has 3 aromatic rings. The van der Waals surface area contributed by atoms with Crippen LogP contribution < -0.4 is 0 Å². The molecule has 96 valence electrons. The van der Waals surface area contributed by atoms with Crippen LogP contribution in [0.3, 0.4) is 0 Å². The zero-order chi connectivity index (χ0) is 13.9. The van der Waals surface area contributed by atoms with Gasteiger partial charge in [0.2, 0.25) is 0 Å². The molecule has 0 saturated heterocycles. The summed E-state index contributed by atoms with van der Waals surface area (Å²) >= 11 is 0. The first-order chi connectivity index (χ1) is 9.81. The molecule has 0 atom stereocenters. The number of benzene rings is 2. The van der Waals surface area contributed by atoms with Gasteiger partial charge in [0.15, 0.2) is 6.29 Å². The lowest BCUT2D eigenvalue weighted by atomic mass is 10.1. The number of fused-ring (bicyclic) bond motifs is 1. The van der Waals surface area contributed by atoms with Crippen LogP contribution in [-0.2, 0) is 6.54 Å². The van der Waals surface area contributed by atoms with Crippen molar-refractivity contribution in [2.45, 2.75) is 6.54 Å². The van der Waals surface area contributed by atoms with Crippen LogP contribution in [0.5, 0.6) is 0 Å². The number of nitrogens with zero attached hydrogens (tertiary/aromatic N) is 2. The zero-order valence-electron chi connectivity index (χ0n) is 10.8. The van der Waals surface area contributed by atoms with Gasteiger partial charge in [-0.05, 0) is 29.8 Å². The number of aldehydes is 1. The summed E-state index contributed by atoms with van der Waals surface area (Å²) in [6, 6.07) is 17.3. The molecule has 3 rings (SSSR count). The van der Waals surface area contributed by atoms with Gasteiger partial charge in [0, 0.05) is 29.2 Å². The molecular formula is C17H12N2O. The van der Waals surface area contributed by atoms with Crippen molar-refractivity contribution in [1.29, 1.82) is 5.26 Å². The summed E-state index contributed by atoms with van der Waals surface area (Å²) in [5.41, 5.74) is 3.53. The van der Waals surface area contributed by atoms with Crippen molar-refractivity contribution in [3.63, 3.8) is 0 Å². The third-order valence-corrected chi connectivity index (χ3v) is 3.41. The van der Waals surface area contributed by atoms with Gasteiger partial charge in [0.05, 0.1) is 11.6 Å². The molecule has 3 heteroatoms. The van der Waals surface area contributed by atoms with Gasteiger partial charge in [0.1, 0.15) is 0 Å². The molecular weight excluding hydrogens is 248 g/mol. The predicted octanol–water partition coefficient (Wildman–Crippen LogP) is 3.37. The second-order valence-corrected chi connectivity index (χ2v) is 4.65. The quantitative estimate of drug-likeness (QED) is 0.678. The highest BCUT2D eigenvalue weighted by atomic mass is 16.1. The molecule has 1 aromatic heterocycles. The summed E-state index contributed by atoms with van der Waals surface area (Å²) in [7, 11) is 0. The highest BCUT2D eigenvalue weighted by molar-refractivity contribution is 5.97. The number of rotatable bonds is 3. The lowest BCUT2D eigenvalue weighted by Gasteiger charge is -2.06. The van der Waals surface area contributed by atoms with Crippen molar-refractivity contribution in [2.75, 3.05) is 0 Å². The molecule has 0 amide bonds. The molecule has 0 aliphatic carbocycles. The van der Waals surface area contributed by atoms with Crippen LogP contribution in [0.1, 0.15) is 21.5 Å². The second kappa shape index (κ2) is 5.02. The zero-order valence-corrected chi connectivity index (χ0v) is 10.8. The van der Waals surface area contributed by atoms with E-state index in [-0.39, 0.29) is 0 Å². The third kappa shape index (κ3) is 2.08. The third-order valence-electron chi connectivity index (χ3n) is 3.41. The Labute approximate surface area is 116 Å². The Morgan fingerprint density at radius 2 is 1.90 bits per heavy atom. The van der Waals surface area contributed by atoms with E-state index in [1.54, 1.807) is 0 Å². The number of carbonyl (C=O) groups excluding carboxylic acids is 1. The standard InChI is InChI=1S/C17H12N2O/c18-10-13-4-6-14(7-5-13)11-19-9-8-16-15(12-20)2-1-3-17(16)19/h1-9,12H,11H2. The van der Waals surface area contributed by atoms with Gasteiger partial charge >= 0.3 is 0 Å². The monoisotopic (exact) mass is 260 g/mol. The van der Waals surface area contributed by atoms with Crippen molar-refractivity contribution >= 4 is 17.2 Å². The van der Waals surface area contributed by atoms with Crippen LogP contribution >= 0.6 is 0 Å². The van der Waals surface area contributed by atoms with Gasteiger partial charge in [-0.15, -0.1) is 0 Å². The van der Waals surface area contributed by atoms with Crippen molar-refractivity contribution in [3.05, 3.63) is 71.4 Å². The van der Waals surface area contributed by atoms with E-state index >= 15 is 0 Å². The fourth-order valence-corrected chi connectivity index (χ4v) is 2.37. The van der Waals surface area contributed by atoms with E-state index in [2.05, 4.69) is 10.6 Å². The molecule has 3 nitrogen and oxygen atoms in total. The molecule has 0 bridgehead atoms. The van der Waals surface area contributed by atoms with E-state index in [1.807, 2.05) is 54.7 Å². The van der Waals surface area contributed by atoms with Crippen LogP contribution in [-0.4, -0.2) is 10.9 Å². The van der Waals surface area contributed by atoms with E-state index in [4.69, 9.17) is 5.26 Å². The SMILES string of the molecule is N#Cc1ccc(Cn2ccc3c(C=O)cccc32)cc1. The van der Waals surface area contributed by atoms with Gasteiger partial charge in [-0.2, -0.15) is 5.26 Å². The van der Waals surface area contributed by atoms with Crippen LogP contribution in [0, 0.1) is 11.3 Å². The first-order valence-corrected chi connectivity index (χ1v) is 6.34. The Morgan fingerprint density at radius 1 is 1.10 bits per heavy atom. The summed E-state index contributed by atoms with van der Waals surface area (Å²) in [6.07, 6.45) is 2.87. The van der Waals surface area contributed by atoms with Gasteiger partial charge in [-0.25, -0.2) is 0 Å². The smallest absolute Gasteiger partial charge is 0.150 e. The van der Waals surface area contributed by atoms with Gasteiger partial charge in [-0.1, -0.05) is 24.3 Å². The summed E-state index contributed by atoms with van der Waals surface area (Å²) in [5, 5.41) is 9.76. The number of aromatic nitrogens is 1. The minimum atomic E-state index is 0.661. The Hall–Kier alpha value is -2.86. The average Bonchev–Trinajstić information content (AvgIpc) is 2.91. The van der Waals surface area contributed by atoms with Crippen LogP contribution in [0.2, 0.25) is 0 Å². The van der Waals surface area contributed by atoms with Gasteiger partial charge in [-0.3, -0.25) is 4.79 Å². The summed E-state index contributed by atoms with van der Waals surface area (Å²) in [6.45, 7) is 0.720. The topological polar surface area (TPSA) is 45.8 Å². The summed E-state index contributed by atoms with van der Waals surface area (Å²) in [5.74, 6) is 0. The Bertz CT molecular complexity index is 807. The predicted molar refractivity (Wildman–Crippen MR) is 77.6 cm³/mol. The molecule has 0 aliphatic heterocycles. The summed E-state index contributed by atoms with van der Waals surface area (Å²) < 4.78 is 2.10. The highest BCUT2D eigenvalue weighted by Crippen LogP contribution is 2.20. The first kappa shape index (κ1) is 12.2. The maximum atomic E-state index is 11.0. The molecule has 0 fully saturated rings. The molecule has 0 radical (unpaired) electrons. The van der Waals surface area contributed by atoms with Crippen molar-refractivity contribution in [2.24, 2.45) is 0 Å². The fourth-order valence-electron chi connectivity index (χ4n) is 2.37. The maximum Gasteiger partial charge on any atom is 0.150 e. The molecule has 0 unspecified atom stereocenters. The molecule has 20 heavy (non-hydrogen) atoms. The highest BCUT2D eigenvalue weighted by Gasteiger charge is 2.05. The van der Waals surface area contributed by atoms with E-state index in [1.165, 1.54) is 0 Å². The average molecular weight is 260 g/mol. The Balaban J connectivity index is 1.98.